The van der Waals surface area contributed by atoms with Crippen molar-refractivity contribution in [2.45, 2.75) is 71.3 Å². The third kappa shape index (κ3) is 5.48. The Hall–Kier alpha value is -2.78. The minimum absolute atomic E-state index is 0.0469. The molecule has 8 nitrogen and oxygen atoms in total. The fraction of sp³-hybridized carbons (Fsp3) is 0.567. The molecule has 0 aromatic heterocycles. The number of piperidine rings is 1. The summed E-state index contributed by atoms with van der Waals surface area (Å²) in [5.74, 6) is 2.71. The molecule has 2 fully saturated rings. The average Bonchev–Trinajstić information content (AvgIpc) is 3.46. The second-order valence-corrected chi connectivity index (χ2v) is 13.9. The number of likely N-dealkylation sites (N-methyl/N-ethyl adjacent to an activating group) is 1. The van der Waals surface area contributed by atoms with Crippen molar-refractivity contribution in [3.8, 4) is 0 Å². The van der Waals surface area contributed by atoms with Crippen LogP contribution in [0.15, 0.2) is 46.5 Å². The summed E-state index contributed by atoms with van der Waals surface area (Å²) in [5.41, 5.74) is 4.24. The van der Waals surface area contributed by atoms with Gasteiger partial charge in [0, 0.05) is 43.5 Å². The number of hydrogen-bond donors (Lipinski definition) is 1. The Bertz CT molecular complexity index is 1340. The molecule has 1 saturated heterocycles. The number of benzene rings is 1. The van der Waals surface area contributed by atoms with Crippen molar-refractivity contribution in [1.29, 1.82) is 0 Å². The van der Waals surface area contributed by atoms with Gasteiger partial charge < -0.3 is 10.2 Å². The predicted molar refractivity (Wildman–Crippen MR) is 158 cm³/mol. The summed E-state index contributed by atoms with van der Waals surface area (Å²) >= 11 is 0. The van der Waals surface area contributed by atoms with E-state index in [9.17, 15) is 13.2 Å². The molecule has 0 bridgehead atoms. The normalized spacial score (nSPS) is 25.1. The van der Waals surface area contributed by atoms with E-state index < -0.39 is 15.6 Å². The van der Waals surface area contributed by atoms with Crippen molar-refractivity contribution in [3.63, 3.8) is 0 Å². The number of nitrogens with one attached hydrogen (secondary N) is 1. The lowest BCUT2D eigenvalue weighted by Gasteiger charge is -2.34. The molecular weight excluding hydrogens is 510 g/mol. The van der Waals surface area contributed by atoms with Crippen LogP contribution in [0.25, 0.3) is 0 Å². The third-order valence-corrected chi connectivity index (χ3v) is 11.0. The maximum absolute atomic E-state index is 13.3. The minimum Gasteiger partial charge on any atom is -0.329 e. The predicted octanol–water partition coefficient (Wildman–Crippen LogP) is 4.28. The molecule has 5 rings (SSSR count). The highest BCUT2D eigenvalue weighted by atomic mass is 32.2. The highest BCUT2D eigenvalue weighted by Gasteiger charge is 2.48. The Morgan fingerprint density at radius 1 is 1.13 bits per heavy atom. The van der Waals surface area contributed by atoms with Crippen molar-refractivity contribution < 1.29 is 13.2 Å². The molecular formula is C30H41N5O3S. The summed E-state index contributed by atoms with van der Waals surface area (Å²) < 4.78 is 28.2. The van der Waals surface area contributed by atoms with E-state index in [1.807, 2.05) is 31.9 Å². The summed E-state index contributed by atoms with van der Waals surface area (Å²) in [6, 6.07) is 4.16. The number of carbonyl (C=O) groups is 1. The van der Waals surface area contributed by atoms with Gasteiger partial charge in [0.15, 0.2) is 0 Å². The summed E-state index contributed by atoms with van der Waals surface area (Å²) in [6.45, 7) is 11.0. The van der Waals surface area contributed by atoms with Gasteiger partial charge in [0.2, 0.25) is 10.0 Å². The van der Waals surface area contributed by atoms with Crippen molar-refractivity contribution in [1.82, 2.24) is 9.62 Å². The van der Waals surface area contributed by atoms with Crippen molar-refractivity contribution >= 4 is 33.3 Å². The summed E-state index contributed by atoms with van der Waals surface area (Å²) in [6.07, 6.45) is 9.42. The number of rotatable bonds is 6. The fourth-order valence-corrected chi connectivity index (χ4v) is 7.90. The zero-order valence-electron chi connectivity index (χ0n) is 23.7. The van der Waals surface area contributed by atoms with Crippen LogP contribution in [0, 0.1) is 25.7 Å². The molecule has 210 valence electrons. The molecule has 1 aromatic carbocycles. The summed E-state index contributed by atoms with van der Waals surface area (Å²) in [7, 11) is -1.50. The number of sulfonamides is 1. The van der Waals surface area contributed by atoms with Gasteiger partial charge in [-0.05, 0) is 86.8 Å². The highest BCUT2D eigenvalue weighted by Crippen LogP contribution is 2.36. The molecule has 9 heteroatoms. The first-order valence-corrected chi connectivity index (χ1v) is 15.8. The molecule has 4 aliphatic rings. The van der Waals surface area contributed by atoms with Crippen molar-refractivity contribution in [2.75, 3.05) is 30.8 Å². The van der Waals surface area contributed by atoms with Gasteiger partial charge in [-0.2, -0.15) is 0 Å². The van der Waals surface area contributed by atoms with E-state index in [-0.39, 0.29) is 11.7 Å². The van der Waals surface area contributed by atoms with Crippen LogP contribution in [0.4, 0.5) is 5.69 Å². The molecule has 3 aliphatic heterocycles. The van der Waals surface area contributed by atoms with Gasteiger partial charge in [0.25, 0.3) is 5.91 Å². The zero-order valence-corrected chi connectivity index (χ0v) is 24.5. The van der Waals surface area contributed by atoms with Gasteiger partial charge in [0.05, 0.1) is 5.75 Å². The Kier molecular flexibility index (Phi) is 7.59. The lowest BCUT2D eigenvalue weighted by atomic mass is 9.82. The molecule has 39 heavy (non-hydrogen) atoms. The van der Waals surface area contributed by atoms with Gasteiger partial charge in [0.1, 0.15) is 17.2 Å². The first-order valence-electron chi connectivity index (χ1n) is 14.2. The molecule has 0 radical (unpaired) electrons. The molecule has 1 saturated carbocycles. The number of aryl methyl sites for hydroxylation is 2. The van der Waals surface area contributed by atoms with Gasteiger partial charge >= 0.3 is 0 Å². The second kappa shape index (κ2) is 10.7. The lowest BCUT2D eigenvalue weighted by Crippen LogP contribution is -2.51. The zero-order chi connectivity index (χ0) is 27.9. The van der Waals surface area contributed by atoms with Crippen LogP contribution in [0.5, 0.6) is 0 Å². The number of anilines is 1. The third-order valence-electron chi connectivity index (χ3n) is 9.10. The molecule has 0 unspecified atom stereocenters. The number of carbonyl (C=O) groups excluding carboxylic acids is 1. The van der Waals surface area contributed by atoms with Gasteiger partial charge in [-0.15, -0.1) is 0 Å². The molecule has 1 aromatic rings. The second-order valence-electron chi connectivity index (χ2n) is 11.8. The van der Waals surface area contributed by atoms with E-state index in [4.69, 9.17) is 4.99 Å². The quantitative estimate of drug-likeness (QED) is 0.571. The molecule has 3 heterocycles. The van der Waals surface area contributed by atoms with E-state index in [1.165, 1.54) is 12.8 Å². The largest absolute Gasteiger partial charge is 0.329 e. The van der Waals surface area contributed by atoms with Crippen LogP contribution in [0.1, 0.15) is 62.1 Å². The molecule has 1 aliphatic carbocycles. The average molecular weight is 552 g/mol. The van der Waals surface area contributed by atoms with Crippen molar-refractivity contribution in [3.05, 3.63) is 53.3 Å². The SMILES string of the molecule is C=C1C=CN=C1N(C)c1cc(C)c(CCS(=O)(=O)N2CCC3(CC2)N=C(C2CCC(C)CC2)NC3=O)c(C)c1. The monoisotopic (exact) mass is 551 g/mol. The van der Waals surface area contributed by atoms with Crippen LogP contribution < -0.4 is 10.2 Å². The topological polar surface area (TPSA) is 94.4 Å². The highest BCUT2D eigenvalue weighted by molar-refractivity contribution is 7.89. The van der Waals surface area contributed by atoms with Crippen LogP contribution in [-0.4, -0.2) is 61.7 Å². The van der Waals surface area contributed by atoms with Crippen LogP contribution in [0.3, 0.4) is 0 Å². The molecule has 1 N–H and O–H groups in total. The Morgan fingerprint density at radius 2 is 1.77 bits per heavy atom. The van der Waals surface area contributed by atoms with E-state index in [1.54, 1.807) is 10.5 Å². The van der Waals surface area contributed by atoms with Gasteiger partial charge in [-0.25, -0.2) is 17.7 Å². The van der Waals surface area contributed by atoms with E-state index in [0.717, 1.165) is 58.4 Å². The van der Waals surface area contributed by atoms with Gasteiger partial charge in [-0.1, -0.05) is 26.3 Å². The maximum Gasteiger partial charge on any atom is 0.253 e. The maximum atomic E-state index is 13.3. The van der Waals surface area contributed by atoms with Gasteiger partial charge in [-0.3, -0.25) is 9.79 Å². The smallest absolute Gasteiger partial charge is 0.253 e. The number of aliphatic imine (C=N–C) groups is 2. The number of hydrogen-bond acceptors (Lipinski definition) is 6. The molecule has 1 amide bonds. The standard InChI is InChI=1S/C30H41N5O3S/c1-20-6-8-24(9-7-20)27-32-29(36)30(33-27)12-15-35(16-13-30)39(37,38)17-11-26-22(3)18-25(19-23(26)4)34(5)28-21(2)10-14-31-28/h10,14,18-20,24H,2,6-9,11-13,15-17H2,1,3-5H3,(H,32,33,36). The van der Waals surface area contributed by atoms with E-state index in [0.29, 0.717) is 38.3 Å². The first-order chi connectivity index (χ1) is 18.5. The summed E-state index contributed by atoms with van der Waals surface area (Å²) in [5, 5.41) is 3.07. The van der Waals surface area contributed by atoms with E-state index in [2.05, 4.69) is 35.9 Å². The number of amides is 1. The lowest BCUT2D eigenvalue weighted by molar-refractivity contribution is -0.125. The number of amidine groups is 2. The minimum atomic E-state index is -3.46. The van der Waals surface area contributed by atoms with Crippen LogP contribution >= 0.6 is 0 Å². The van der Waals surface area contributed by atoms with Crippen LogP contribution in [-0.2, 0) is 21.2 Å². The molecule has 1 spiro atoms. The Labute approximate surface area is 233 Å². The van der Waals surface area contributed by atoms with E-state index >= 15 is 0 Å². The van der Waals surface area contributed by atoms with Crippen LogP contribution in [0.2, 0.25) is 0 Å². The summed E-state index contributed by atoms with van der Waals surface area (Å²) in [4.78, 5) is 24.3. The molecule has 0 atom stereocenters. The van der Waals surface area contributed by atoms with Crippen molar-refractivity contribution in [2.24, 2.45) is 21.8 Å². The Morgan fingerprint density at radius 3 is 2.36 bits per heavy atom. The first kappa shape index (κ1) is 27.8. The Balaban J connectivity index is 1.21. The fourth-order valence-electron chi connectivity index (χ4n) is 6.44. The number of nitrogens with zero attached hydrogens (tertiary/aromatic N) is 4.